The fourth-order valence-electron chi connectivity index (χ4n) is 1.55. The van der Waals surface area contributed by atoms with Gasteiger partial charge in [0, 0.05) is 12.3 Å². The highest BCUT2D eigenvalue weighted by Crippen LogP contribution is 2.22. The van der Waals surface area contributed by atoms with Gasteiger partial charge >= 0.3 is 5.97 Å². The Bertz CT molecular complexity index is 588. The highest BCUT2D eigenvalue weighted by atomic mass is 32.1. The summed E-state index contributed by atoms with van der Waals surface area (Å²) in [7, 11) is 0. The number of nitrogens with one attached hydrogen (secondary N) is 3. The number of aromatic carboxylic acids is 1. The van der Waals surface area contributed by atoms with Crippen LogP contribution in [0.25, 0.3) is 6.08 Å². The van der Waals surface area contributed by atoms with E-state index in [2.05, 4.69) is 5.32 Å². The average molecular weight is 315 g/mol. The Morgan fingerprint density at radius 2 is 1.95 bits per heavy atom. The van der Waals surface area contributed by atoms with E-state index in [0.717, 1.165) is 12.1 Å². The van der Waals surface area contributed by atoms with Crippen LogP contribution in [0.4, 0.5) is 11.4 Å². The van der Waals surface area contributed by atoms with Crippen LogP contribution < -0.4 is 15.8 Å². The summed E-state index contributed by atoms with van der Waals surface area (Å²) in [6, 6.07) is 1.81. The lowest BCUT2D eigenvalue weighted by Crippen LogP contribution is -3.01. The fraction of sp³-hybridized carbons (Fsp3) is 0.0909. The molecule has 21 heavy (non-hydrogen) atoms. The van der Waals surface area contributed by atoms with Gasteiger partial charge in [-0.2, -0.15) is 10.5 Å². The van der Waals surface area contributed by atoms with Gasteiger partial charge in [-0.25, -0.2) is 15.2 Å². The van der Waals surface area contributed by atoms with Crippen molar-refractivity contribution in [2.45, 2.75) is 6.92 Å². The summed E-state index contributed by atoms with van der Waals surface area (Å²) in [4.78, 5) is 11.6. The van der Waals surface area contributed by atoms with E-state index in [4.69, 9.17) is 27.7 Å². The number of carboxylic acid groups (broad SMARTS) is 1. The minimum Gasteiger partial charge on any atom is -0.595 e. The molecule has 2 atom stereocenters. The SMILES string of the molecule is CC(=S)N/C=C/c1c(C(=O)O)cc([NH+]([O-])O)cc1[NH+]([O-])O. The summed E-state index contributed by atoms with van der Waals surface area (Å²) in [5, 5.41) is 49.0. The van der Waals surface area contributed by atoms with Gasteiger partial charge in [0.15, 0.2) is 11.4 Å². The second-order valence-electron chi connectivity index (χ2n) is 3.93. The summed E-state index contributed by atoms with van der Waals surface area (Å²) < 4.78 is 0. The zero-order valence-corrected chi connectivity index (χ0v) is 11.6. The van der Waals surface area contributed by atoms with E-state index >= 15 is 0 Å². The number of carboxylic acids is 1. The minimum atomic E-state index is -1.43. The number of hydrogen-bond donors (Lipinski definition) is 6. The standard InChI is InChI=1S/C11H13N3O6S/c1-6(21)12-3-2-8-9(11(15)16)4-7(13(17)18)5-10(8)14(19)20/h2-5,13-14,17,19H,1H3,(H,12,21)(H,15,16)/b3-2+. The maximum Gasteiger partial charge on any atom is 0.336 e. The molecular formula is C11H13N3O6S. The summed E-state index contributed by atoms with van der Waals surface area (Å²) in [6.07, 6.45) is 2.51. The molecule has 0 spiro atoms. The molecule has 10 heteroatoms. The Hall–Kier alpha value is -1.92. The lowest BCUT2D eigenvalue weighted by Gasteiger charge is -2.19. The molecule has 0 aliphatic heterocycles. The first-order valence-electron chi connectivity index (χ1n) is 5.55. The van der Waals surface area contributed by atoms with Crippen LogP contribution in [0.3, 0.4) is 0 Å². The van der Waals surface area contributed by atoms with Crippen molar-refractivity contribution in [2.24, 2.45) is 0 Å². The van der Waals surface area contributed by atoms with Crippen molar-refractivity contribution in [2.75, 3.05) is 0 Å². The molecule has 0 saturated carbocycles. The van der Waals surface area contributed by atoms with Gasteiger partial charge < -0.3 is 20.8 Å². The van der Waals surface area contributed by atoms with E-state index in [1.807, 2.05) is 0 Å². The Kier molecular flexibility index (Phi) is 5.87. The van der Waals surface area contributed by atoms with Crippen LogP contribution in [0.15, 0.2) is 18.3 Å². The van der Waals surface area contributed by atoms with Gasteiger partial charge in [-0.3, -0.25) is 0 Å². The van der Waals surface area contributed by atoms with E-state index in [0.29, 0.717) is 4.99 Å². The maximum atomic E-state index is 11.2. The molecule has 0 radical (unpaired) electrons. The van der Waals surface area contributed by atoms with Gasteiger partial charge in [-0.15, -0.1) is 0 Å². The van der Waals surface area contributed by atoms with Crippen LogP contribution in [0.2, 0.25) is 0 Å². The van der Waals surface area contributed by atoms with Crippen LogP contribution in [-0.4, -0.2) is 26.5 Å². The highest BCUT2D eigenvalue weighted by molar-refractivity contribution is 7.80. The number of carbonyl (C=O) groups is 1. The molecule has 0 aromatic heterocycles. The molecule has 1 aromatic rings. The van der Waals surface area contributed by atoms with Gasteiger partial charge in [0.25, 0.3) is 0 Å². The first-order valence-corrected chi connectivity index (χ1v) is 5.96. The Morgan fingerprint density at radius 3 is 2.38 bits per heavy atom. The Morgan fingerprint density at radius 1 is 1.33 bits per heavy atom. The highest BCUT2D eigenvalue weighted by Gasteiger charge is 2.21. The molecule has 1 aromatic carbocycles. The smallest absolute Gasteiger partial charge is 0.336 e. The number of thiocarbonyl (C=S) groups is 1. The summed E-state index contributed by atoms with van der Waals surface area (Å²) in [6.45, 7) is 1.59. The fourth-order valence-corrected chi connectivity index (χ4v) is 1.62. The van der Waals surface area contributed by atoms with Gasteiger partial charge in [0.1, 0.15) is 0 Å². The van der Waals surface area contributed by atoms with E-state index in [9.17, 15) is 15.2 Å². The quantitative estimate of drug-likeness (QED) is 0.303. The summed E-state index contributed by atoms with van der Waals surface area (Å²) in [5.41, 5.74) is -1.38. The minimum absolute atomic E-state index is 0.122. The van der Waals surface area contributed by atoms with E-state index in [-0.39, 0.29) is 5.56 Å². The monoisotopic (exact) mass is 315 g/mol. The molecule has 0 amide bonds. The third kappa shape index (κ3) is 4.54. The van der Waals surface area contributed by atoms with Crippen molar-refractivity contribution in [1.29, 1.82) is 0 Å². The average Bonchev–Trinajstić information content (AvgIpc) is 2.37. The lowest BCUT2D eigenvalue weighted by molar-refractivity contribution is -0.996. The van der Waals surface area contributed by atoms with Crippen LogP contribution in [0.5, 0.6) is 0 Å². The summed E-state index contributed by atoms with van der Waals surface area (Å²) in [5.74, 6) is -1.43. The van der Waals surface area contributed by atoms with E-state index in [1.54, 1.807) is 6.92 Å². The van der Waals surface area contributed by atoms with Crippen molar-refractivity contribution in [1.82, 2.24) is 5.32 Å². The van der Waals surface area contributed by atoms with Crippen molar-refractivity contribution in [3.63, 3.8) is 0 Å². The third-order valence-electron chi connectivity index (χ3n) is 2.42. The summed E-state index contributed by atoms with van der Waals surface area (Å²) >= 11 is 4.76. The molecule has 0 fully saturated rings. The molecule has 6 N–H and O–H groups in total. The van der Waals surface area contributed by atoms with Crippen LogP contribution in [0, 0.1) is 10.4 Å². The van der Waals surface area contributed by atoms with Gasteiger partial charge in [-0.1, -0.05) is 12.2 Å². The molecule has 1 rings (SSSR count). The van der Waals surface area contributed by atoms with Crippen LogP contribution >= 0.6 is 12.2 Å². The molecule has 9 nitrogen and oxygen atoms in total. The Balaban J connectivity index is 3.46. The maximum absolute atomic E-state index is 11.2. The topological polar surface area (TPSA) is 145 Å². The molecule has 0 aliphatic rings. The van der Waals surface area contributed by atoms with Gasteiger partial charge in [0.05, 0.1) is 22.2 Å². The number of quaternary nitrogens is 2. The molecule has 0 aliphatic carbocycles. The van der Waals surface area contributed by atoms with Crippen molar-refractivity contribution in [3.05, 3.63) is 39.9 Å². The largest absolute Gasteiger partial charge is 0.595 e. The zero-order chi connectivity index (χ0) is 16.2. The third-order valence-corrected chi connectivity index (χ3v) is 2.54. The molecular weight excluding hydrogens is 302 g/mol. The van der Waals surface area contributed by atoms with Crippen molar-refractivity contribution >= 4 is 40.6 Å². The second kappa shape index (κ2) is 7.19. The lowest BCUT2D eigenvalue weighted by atomic mass is 10.0. The number of benzene rings is 1. The zero-order valence-electron chi connectivity index (χ0n) is 10.8. The molecule has 0 heterocycles. The van der Waals surface area contributed by atoms with Gasteiger partial charge in [0.2, 0.25) is 0 Å². The predicted octanol–water partition coefficient (Wildman–Crippen LogP) is -0.901. The van der Waals surface area contributed by atoms with E-state index in [1.165, 1.54) is 12.3 Å². The molecule has 0 bridgehead atoms. The first kappa shape index (κ1) is 17.1. The molecule has 0 saturated heterocycles. The Labute approximate surface area is 124 Å². The molecule has 2 unspecified atom stereocenters. The van der Waals surface area contributed by atoms with Crippen molar-refractivity contribution < 1.29 is 30.8 Å². The van der Waals surface area contributed by atoms with E-state index < -0.39 is 33.4 Å². The second-order valence-corrected chi connectivity index (χ2v) is 4.55. The van der Waals surface area contributed by atoms with Crippen LogP contribution in [0.1, 0.15) is 22.8 Å². The predicted molar refractivity (Wildman–Crippen MR) is 75.4 cm³/mol. The molecule has 114 valence electrons. The number of rotatable bonds is 5. The number of hydrogen-bond acceptors (Lipinski definition) is 6. The van der Waals surface area contributed by atoms with Crippen LogP contribution in [-0.2, 0) is 0 Å². The van der Waals surface area contributed by atoms with Gasteiger partial charge in [-0.05, 0) is 13.0 Å². The normalized spacial score (nSPS) is 14.0. The van der Waals surface area contributed by atoms with Crippen molar-refractivity contribution in [3.8, 4) is 0 Å². The first-order chi connectivity index (χ1) is 9.73.